The molecule has 0 amide bonds. The van der Waals surface area contributed by atoms with E-state index in [1.165, 1.54) is 0 Å². The molecule has 0 spiro atoms. The molecule has 0 aliphatic heterocycles. The Balaban J connectivity index is 2.52. The van der Waals surface area contributed by atoms with Crippen LogP contribution in [-0.2, 0) is 7.05 Å². The average Bonchev–Trinajstić information content (AvgIpc) is 2.62. The smallest absolute Gasteiger partial charge is 0.148 e. The van der Waals surface area contributed by atoms with Crippen LogP contribution in [0.1, 0.15) is 5.56 Å². The van der Waals surface area contributed by atoms with Crippen molar-refractivity contribution in [2.75, 3.05) is 5.73 Å². The van der Waals surface area contributed by atoms with Gasteiger partial charge in [-0.05, 0) is 6.92 Å². The Labute approximate surface area is 74.8 Å². The molecule has 68 valence electrons. The van der Waals surface area contributed by atoms with Crippen LogP contribution in [-0.4, -0.2) is 25.2 Å². The van der Waals surface area contributed by atoms with Crippen LogP contribution in [0.15, 0.2) is 6.20 Å². The molecule has 6 nitrogen and oxygen atoms in total. The van der Waals surface area contributed by atoms with Crippen LogP contribution < -0.4 is 5.73 Å². The van der Waals surface area contributed by atoms with Crippen molar-refractivity contribution in [1.29, 1.82) is 0 Å². The minimum atomic E-state index is 0.501. The molecule has 0 atom stereocenters. The number of nitrogens with zero attached hydrogens (tertiary/aromatic N) is 4. The van der Waals surface area contributed by atoms with Crippen molar-refractivity contribution in [1.82, 2.24) is 25.2 Å². The highest BCUT2D eigenvalue weighted by Gasteiger charge is 2.10. The number of hydrogen-bond acceptors (Lipinski definition) is 4. The molecular formula is C7H10N6. The summed E-state index contributed by atoms with van der Waals surface area (Å²) in [7, 11) is 1.81. The van der Waals surface area contributed by atoms with E-state index in [0.717, 1.165) is 17.0 Å². The predicted molar refractivity (Wildman–Crippen MR) is 47.7 cm³/mol. The lowest BCUT2D eigenvalue weighted by molar-refractivity contribution is 0.715. The number of aromatic amines is 1. The van der Waals surface area contributed by atoms with Crippen molar-refractivity contribution in [2.24, 2.45) is 7.05 Å². The Morgan fingerprint density at radius 3 is 2.77 bits per heavy atom. The number of nitrogen functional groups attached to an aromatic ring is 1. The largest absolute Gasteiger partial charge is 0.382 e. The Kier molecular flexibility index (Phi) is 1.54. The summed E-state index contributed by atoms with van der Waals surface area (Å²) in [6.45, 7) is 1.89. The molecule has 2 aromatic rings. The molecule has 0 saturated carbocycles. The zero-order chi connectivity index (χ0) is 9.42. The van der Waals surface area contributed by atoms with E-state index < -0.39 is 0 Å². The van der Waals surface area contributed by atoms with Crippen LogP contribution in [0.25, 0.3) is 11.4 Å². The fraction of sp³-hybridized carbons (Fsp3) is 0.286. The van der Waals surface area contributed by atoms with Gasteiger partial charge in [0.2, 0.25) is 0 Å². The van der Waals surface area contributed by atoms with Crippen LogP contribution in [0.2, 0.25) is 0 Å². The molecule has 0 aliphatic rings. The summed E-state index contributed by atoms with van der Waals surface area (Å²) < 4.78 is 1.63. The fourth-order valence-electron chi connectivity index (χ4n) is 1.12. The van der Waals surface area contributed by atoms with Crippen molar-refractivity contribution in [3.05, 3.63) is 11.8 Å². The highest BCUT2D eigenvalue weighted by molar-refractivity contribution is 5.63. The molecule has 0 aromatic carbocycles. The predicted octanol–water partition coefficient (Wildman–Crippen LogP) is 0.0958. The van der Waals surface area contributed by atoms with Crippen LogP contribution in [0.5, 0.6) is 0 Å². The SMILES string of the molecule is Cc1c(N)n[nH]c1-c1cn(C)nn1. The monoisotopic (exact) mass is 178 g/mol. The quantitative estimate of drug-likeness (QED) is 0.648. The Hall–Kier alpha value is -1.85. The van der Waals surface area contributed by atoms with Gasteiger partial charge in [-0.15, -0.1) is 5.10 Å². The van der Waals surface area contributed by atoms with Crippen LogP contribution in [0.3, 0.4) is 0 Å². The zero-order valence-electron chi connectivity index (χ0n) is 7.44. The number of anilines is 1. The van der Waals surface area contributed by atoms with Crippen LogP contribution in [0.4, 0.5) is 5.82 Å². The number of aromatic nitrogens is 5. The van der Waals surface area contributed by atoms with Gasteiger partial charge in [0.05, 0.1) is 11.9 Å². The first-order valence-corrected chi connectivity index (χ1v) is 3.85. The Morgan fingerprint density at radius 2 is 2.31 bits per heavy atom. The second-order valence-electron chi connectivity index (χ2n) is 2.89. The van der Waals surface area contributed by atoms with Crippen molar-refractivity contribution in [3.63, 3.8) is 0 Å². The van der Waals surface area contributed by atoms with Crippen molar-refractivity contribution >= 4 is 5.82 Å². The Bertz CT molecular complexity index is 426. The van der Waals surface area contributed by atoms with E-state index in [4.69, 9.17) is 5.73 Å². The third-order valence-electron chi connectivity index (χ3n) is 1.91. The minimum absolute atomic E-state index is 0.501. The maximum absolute atomic E-state index is 5.59. The molecule has 2 aromatic heterocycles. The molecule has 13 heavy (non-hydrogen) atoms. The van der Waals surface area contributed by atoms with Crippen molar-refractivity contribution < 1.29 is 0 Å². The first kappa shape index (κ1) is 7.78. The van der Waals surface area contributed by atoms with Crippen molar-refractivity contribution in [2.45, 2.75) is 6.92 Å². The highest BCUT2D eigenvalue weighted by atomic mass is 15.4. The van der Waals surface area contributed by atoms with E-state index in [1.54, 1.807) is 10.9 Å². The molecule has 0 saturated heterocycles. The molecular weight excluding hydrogens is 168 g/mol. The van der Waals surface area contributed by atoms with E-state index in [0.29, 0.717) is 5.82 Å². The summed E-state index contributed by atoms with van der Waals surface area (Å²) in [5.41, 5.74) is 8.07. The first-order chi connectivity index (χ1) is 6.18. The number of aryl methyl sites for hydroxylation is 1. The van der Waals surface area contributed by atoms with Gasteiger partial charge in [0.25, 0.3) is 0 Å². The van der Waals surface area contributed by atoms with Gasteiger partial charge >= 0.3 is 0 Å². The second-order valence-corrected chi connectivity index (χ2v) is 2.89. The third kappa shape index (κ3) is 1.16. The summed E-state index contributed by atoms with van der Waals surface area (Å²) in [4.78, 5) is 0. The Morgan fingerprint density at radius 1 is 1.54 bits per heavy atom. The zero-order valence-corrected chi connectivity index (χ0v) is 7.44. The number of nitrogens with one attached hydrogen (secondary N) is 1. The molecule has 0 aliphatic carbocycles. The highest BCUT2D eigenvalue weighted by Crippen LogP contribution is 2.21. The number of rotatable bonds is 1. The van der Waals surface area contributed by atoms with Gasteiger partial charge in [-0.2, -0.15) is 5.10 Å². The molecule has 3 N–H and O–H groups in total. The molecule has 0 radical (unpaired) electrons. The van der Waals surface area contributed by atoms with E-state index in [1.807, 2.05) is 14.0 Å². The molecule has 0 fully saturated rings. The number of nitrogens with two attached hydrogens (primary N) is 1. The van der Waals surface area contributed by atoms with Gasteiger partial charge < -0.3 is 5.73 Å². The second kappa shape index (κ2) is 2.58. The molecule has 2 heterocycles. The summed E-state index contributed by atoms with van der Waals surface area (Å²) in [5, 5.41) is 14.5. The lowest BCUT2D eigenvalue weighted by Gasteiger charge is -1.90. The normalized spacial score (nSPS) is 10.6. The fourth-order valence-corrected chi connectivity index (χ4v) is 1.12. The van der Waals surface area contributed by atoms with Gasteiger partial charge in [-0.25, -0.2) is 0 Å². The molecule has 2 rings (SSSR count). The lowest BCUT2D eigenvalue weighted by Crippen LogP contribution is -1.86. The van der Waals surface area contributed by atoms with E-state index >= 15 is 0 Å². The topological polar surface area (TPSA) is 85.4 Å². The molecule has 0 unspecified atom stereocenters. The molecule has 0 bridgehead atoms. The summed E-state index contributed by atoms with van der Waals surface area (Å²) >= 11 is 0. The summed E-state index contributed by atoms with van der Waals surface area (Å²) in [6, 6.07) is 0. The first-order valence-electron chi connectivity index (χ1n) is 3.85. The third-order valence-corrected chi connectivity index (χ3v) is 1.91. The average molecular weight is 178 g/mol. The number of hydrogen-bond donors (Lipinski definition) is 2. The van der Waals surface area contributed by atoms with Gasteiger partial charge in [-0.1, -0.05) is 5.21 Å². The van der Waals surface area contributed by atoms with Crippen LogP contribution >= 0.6 is 0 Å². The minimum Gasteiger partial charge on any atom is -0.382 e. The van der Waals surface area contributed by atoms with Gasteiger partial charge in [-0.3, -0.25) is 9.78 Å². The van der Waals surface area contributed by atoms with Gasteiger partial charge in [0, 0.05) is 12.6 Å². The van der Waals surface area contributed by atoms with E-state index in [-0.39, 0.29) is 0 Å². The standard InChI is InChI=1S/C7H10N6/c1-4-6(10-11-7(4)8)5-3-13(2)12-9-5/h3H,1-2H3,(H3,8,10,11). The van der Waals surface area contributed by atoms with Crippen molar-refractivity contribution in [3.8, 4) is 11.4 Å². The maximum Gasteiger partial charge on any atom is 0.148 e. The summed E-state index contributed by atoms with van der Waals surface area (Å²) in [5.74, 6) is 0.501. The van der Waals surface area contributed by atoms with Crippen LogP contribution in [0, 0.1) is 6.92 Å². The summed E-state index contributed by atoms with van der Waals surface area (Å²) in [6.07, 6.45) is 1.81. The van der Waals surface area contributed by atoms with E-state index in [2.05, 4.69) is 20.5 Å². The molecule has 6 heteroatoms. The van der Waals surface area contributed by atoms with Gasteiger partial charge in [0.15, 0.2) is 0 Å². The maximum atomic E-state index is 5.59. The van der Waals surface area contributed by atoms with E-state index in [9.17, 15) is 0 Å². The lowest BCUT2D eigenvalue weighted by atomic mass is 10.2. The number of H-pyrrole nitrogens is 1. The van der Waals surface area contributed by atoms with Gasteiger partial charge in [0.1, 0.15) is 11.5 Å².